The van der Waals surface area contributed by atoms with E-state index in [1.165, 1.54) is 6.20 Å². The SMILES string of the molecule is C=CN=C(C=C)c1ccc2cnc(C(=O)OCC)nc2c1. The Hall–Kier alpha value is -2.82. The zero-order chi connectivity index (χ0) is 15.2. The number of ether oxygens (including phenoxy) is 1. The lowest BCUT2D eigenvalue weighted by Gasteiger charge is -2.04. The monoisotopic (exact) mass is 281 g/mol. The van der Waals surface area contributed by atoms with Crippen molar-refractivity contribution in [1.82, 2.24) is 9.97 Å². The van der Waals surface area contributed by atoms with Gasteiger partial charge in [-0.05, 0) is 19.1 Å². The third-order valence-electron chi connectivity index (χ3n) is 2.76. The van der Waals surface area contributed by atoms with E-state index in [9.17, 15) is 4.79 Å². The lowest BCUT2D eigenvalue weighted by atomic mass is 10.1. The zero-order valence-corrected chi connectivity index (χ0v) is 11.7. The van der Waals surface area contributed by atoms with Gasteiger partial charge in [0.15, 0.2) is 0 Å². The van der Waals surface area contributed by atoms with Crippen LogP contribution >= 0.6 is 0 Å². The largest absolute Gasteiger partial charge is 0.460 e. The first-order valence-electron chi connectivity index (χ1n) is 6.45. The first-order chi connectivity index (χ1) is 10.2. The maximum atomic E-state index is 11.7. The molecular formula is C16H15N3O2. The molecule has 106 valence electrons. The minimum absolute atomic E-state index is 0.0438. The molecule has 5 heteroatoms. The summed E-state index contributed by atoms with van der Waals surface area (Å²) in [5.41, 5.74) is 2.17. The summed E-state index contributed by atoms with van der Waals surface area (Å²) in [6, 6.07) is 5.57. The number of benzene rings is 1. The van der Waals surface area contributed by atoms with Gasteiger partial charge in [-0.2, -0.15) is 0 Å². The quantitative estimate of drug-likeness (QED) is 0.624. The van der Waals surface area contributed by atoms with Gasteiger partial charge in [-0.3, -0.25) is 4.99 Å². The Labute approximate surface area is 122 Å². The van der Waals surface area contributed by atoms with Crippen LogP contribution in [0.4, 0.5) is 0 Å². The maximum Gasteiger partial charge on any atom is 0.376 e. The van der Waals surface area contributed by atoms with E-state index in [0.29, 0.717) is 11.2 Å². The second-order valence-electron chi connectivity index (χ2n) is 4.09. The van der Waals surface area contributed by atoms with E-state index in [0.717, 1.165) is 10.9 Å². The van der Waals surface area contributed by atoms with Gasteiger partial charge < -0.3 is 4.74 Å². The van der Waals surface area contributed by atoms with Gasteiger partial charge in [-0.15, -0.1) is 0 Å². The standard InChI is InChI=1S/C16H15N3O2/c1-4-13(17-5-2)11-7-8-12-10-18-15(16(20)21-6-3)19-14(12)9-11/h4-5,7-10H,1-2,6H2,3H3. The molecule has 0 spiro atoms. The highest BCUT2D eigenvalue weighted by atomic mass is 16.5. The van der Waals surface area contributed by atoms with Crippen molar-refractivity contribution in [2.24, 2.45) is 4.99 Å². The van der Waals surface area contributed by atoms with Crippen LogP contribution < -0.4 is 0 Å². The number of allylic oxidation sites excluding steroid dienone is 1. The van der Waals surface area contributed by atoms with Crippen LogP contribution in [-0.4, -0.2) is 28.3 Å². The fourth-order valence-electron chi connectivity index (χ4n) is 1.82. The number of nitrogens with zero attached hydrogens (tertiary/aromatic N) is 3. The smallest absolute Gasteiger partial charge is 0.376 e. The minimum atomic E-state index is -0.534. The summed E-state index contributed by atoms with van der Waals surface area (Å²) in [4.78, 5) is 24.0. The number of aliphatic imine (C=N–C) groups is 1. The maximum absolute atomic E-state index is 11.7. The molecule has 1 aromatic carbocycles. The number of hydrogen-bond acceptors (Lipinski definition) is 5. The fourth-order valence-corrected chi connectivity index (χ4v) is 1.82. The molecule has 21 heavy (non-hydrogen) atoms. The number of carbonyl (C=O) groups is 1. The molecule has 0 unspecified atom stereocenters. The lowest BCUT2D eigenvalue weighted by Crippen LogP contribution is -2.09. The van der Waals surface area contributed by atoms with Crippen molar-refractivity contribution in [2.45, 2.75) is 6.92 Å². The van der Waals surface area contributed by atoms with Crippen LogP contribution in [0.3, 0.4) is 0 Å². The molecule has 0 aliphatic heterocycles. The number of esters is 1. The molecule has 0 N–H and O–H groups in total. The molecule has 0 aliphatic rings. The molecule has 2 rings (SSSR count). The normalized spacial score (nSPS) is 11.2. The highest BCUT2D eigenvalue weighted by Crippen LogP contribution is 2.15. The molecule has 1 aromatic heterocycles. The molecule has 0 radical (unpaired) electrons. The van der Waals surface area contributed by atoms with Gasteiger partial charge >= 0.3 is 5.97 Å². The number of rotatable bonds is 5. The summed E-state index contributed by atoms with van der Waals surface area (Å²) in [5.74, 6) is -0.490. The summed E-state index contributed by atoms with van der Waals surface area (Å²) < 4.78 is 4.90. The molecule has 0 aliphatic carbocycles. The molecule has 2 aromatic rings. The van der Waals surface area contributed by atoms with E-state index in [4.69, 9.17) is 4.74 Å². The Morgan fingerprint density at radius 2 is 2.24 bits per heavy atom. The van der Waals surface area contributed by atoms with Crippen LogP contribution in [0.2, 0.25) is 0 Å². The highest BCUT2D eigenvalue weighted by Gasteiger charge is 2.11. The van der Waals surface area contributed by atoms with Gasteiger partial charge in [0.1, 0.15) is 0 Å². The van der Waals surface area contributed by atoms with Crippen LogP contribution in [0.5, 0.6) is 0 Å². The van der Waals surface area contributed by atoms with Crippen molar-refractivity contribution in [1.29, 1.82) is 0 Å². The molecule has 0 saturated heterocycles. The van der Waals surface area contributed by atoms with Crippen LogP contribution in [0.25, 0.3) is 10.9 Å². The van der Waals surface area contributed by atoms with Crippen LogP contribution in [-0.2, 0) is 4.74 Å². The van der Waals surface area contributed by atoms with Crippen molar-refractivity contribution in [2.75, 3.05) is 6.61 Å². The second-order valence-corrected chi connectivity index (χ2v) is 4.09. The van der Waals surface area contributed by atoms with Crippen molar-refractivity contribution in [3.05, 3.63) is 61.2 Å². The predicted octanol–water partition coefficient (Wildman–Crippen LogP) is 2.93. The first-order valence-corrected chi connectivity index (χ1v) is 6.45. The Morgan fingerprint density at radius 1 is 1.43 bits per heavy atom. The third kappa shape index (κ3) is 3.20. The third-order valence-corrected chi connectivity index (χ3v) is 2.76. The Morgan fingerprint density at radius 3 is 2.90 bits per heavy atom. The van der Waals surface area contributed by atoms with E-state index in [2.05, 4.69) is 28.1 Å². The average Bonchev–Trinajstić information content (AvgIpc) is 2.51. The average molecular weight is 281 g/mol. The van der Waals surface area contributed by atoms with E-state index in [-0.39, 0.29) is 12.4 Å². The van der Waals surface area contributed by atoms with Crippen LogP contribution in [0, 0.1) is 0 Å². The molecule has 0 bridgehead atoms. The van der Waals surface area contributed by atoms with Gasteiger partial charge in [0, 0.05) is 23.3 Å². The molecule has 0 atom stereocenters. The van der Waals surface area contributed by atoms with Crippen molar-refractivity contribution in [3.8, 4) is 0 Å². The molecule has 5 nitrogen and oxygen atoms in total. The van der Waals surface area contributed by atoms with Gasteiger partial charge in [-0.1, -0.05) is 25.3 Å². The summed E-state index contributed by atoms with van der Waals surface area (Å²) in [6.45, 7) is 9.31. The van der Waals surface area contributed by atoms with Crippen LogP contribution in [0.15, 0.2) is 54.8 Å². The highest BCUT2D eigenvalue weighted by molar-refractivity contribution is 6.10. The van der Waals surface area contributed by atoms with E-state index >= 15 is 0 Å². The van der Waals surface area contributed by atoms with Gasteiger partial charge in [0.25, 0.3) is 0 Å². The number of fused-ring (bicyclic) bond motifs is 1. The summed E-state index contributed by atoms with van der Waals surface area (Å²) in [7, 11) is 0. The zero-order valence-electron chi connectivity index (χ0n) is 11.7. The summed E-state index contributed by atoms with van der Waals surface area (Å²) in [6.07, 6.45) is 4.68. The van der Waals surface area contributed by atoms with Gasteiger partial charge in [-0.25, -0.2) is 14.8 Å². The molecule has 0 amide bonds. The van der Waals surface area contributed by atoms with E-state index in [1.54, 1.807) is 19.2 Å². The van der Waals surface area contributed by atoms with E-state index < -0.39 is 5.97 Å². The fraction of sp³-hybridized carbons (Fsp3) is 0.125. The van der Waals surface area contributed by atoms with Crippen molar-refractivity contribution < 1.29 is 9.53 Å². The minimum Gasteiger partial charge on any atom is -0.460 e. The molecule has 1 heterocycles. The molecule has 0 fully saturated rings. The van der Waals surface area contributed by atoms with Gasteiger partial charge in [0.05, 0.1) is 17.8 Å². The van der Waals surface area contributed by atoms with E-state index in [1.807, 2.05) is 18.2 Å². The van der Waals surface area contributed by atoms with Crippen molar-refractivity contribution in [3.63, 3.8) is 0 Å². The Balaban J connectivity index is 2.50. The van der Waals surface area contributed by atoms with Gasteiger partial charge in [0.2, 0.25) is 5.82 Å². The lowest BCUT2D eigenvalue weighted by molar-refractivity contribution is 0.0512. The first kappa shape index (κ1) is 14.6. The second kappa shape index (κ2) is 6.56. The summed E-state index contributed by atoms with van der Waals surface area (Å²) in [5, 5.41) is 0.828. The number of hydrogen-bond donors (Lipinski definition) is 0. The van der Waals surface area contributed by atoms with Crippen molar-refractivity contribution >= 4 is 22.6 Å². The van der Waals surface area contributed by atoms with Crippen LogP contribution in [0.1, 0.15) is 23.1 Å². The summed E-state index contributed by atoms with van der Waals surface area (Å²) >= 11 is 0. The number of carbonyl (C=O) groups excluding carboxylic acids is 1. The Kier molecular flexibility index (Phi) is 4.56. The Bertz CT molecular complexity index is 735. The topological polar surface area (TPSA) is 64.4 Å². The predicted molar refractivity (Wildman–Crippen MR) is 82.4 cm³/mol. The number of aromatic nitrogens is 2. The molecule has 0 saturated carbocycles. The molecular weight excluding hydrogens is 266 g/mol.